The zero-order valence-corrected chi connectivity index (χ0v) is 17.9. The van der Waals surface area contributed by atoms with E-state index in [-0.39, 0.29) is 17.9 Å². The number of carbonyl (C=O) groups excluding carboxylic acids is 2. The first kappa shape index (κ1) is 20.6. The third-order valence-electron chi connectivity index (χ3n) is 5.64. The Balaban J connectivity index is 1.31. The molecule has 1 saturated carbocycles. The van der Waals surface area contributed by atoms with Gasteiger partial charge in [-0.05, 0) is 31.9 Å². The lowest BCUT2D eigenvalue weighted by Crippen LogP contribution is -2.49. The molecule has 2 heterocycles. The van der Waals surface area contributed by atoms with Crippen LogP contribution < -0.4 is 4.90 Å². The molecule has 2 aromatic rings. The molecule has 1 saturated heterocycles. The van der Waals surface area contributed by atoms with E-state index in [9.17, 15) is 9.59 Å². The Morgan fingerprint density at radius 1 is 1.10 bits per heavy atom. The van der Waals surface area contributed by atoms with Crippen molar-refractivity contribution < 1.29 is 9.59 Å². The molecule has 1 aliphatic carbocycles. The Bertz CT molecular complexity index is 908. The van der Waals surface area contributed by atoms with E-state index >= 15 is 0 Å². The number of anilines is 1. The SMILES string of the molecule is Cc1cnc(C(=O)N(CCC(=O)N2CCN(c3ccccc3Cl)CC2)C2CC2)cn1. The first-order valence-electron chi connectivity index (χ1n) is 10.4. The van der Waals surface area contributed by atoms with Gasteiger partial charge in [-0.2, -0.15) is 0 Å². The molecule has 4 rings (SSSR count). The summed E-state index contributed by atoms with van der Waals surface area (Å²) < 4.78 is 0. The van der Waals surface area contributed by atoms with E-state index in [2.05, 4.69) is 14.9 Å². The fraction of sp³-hybridized carbons (Fsp3) is 0.455. The highest BCUT2D eigenvalue weighted by Crippen LogP contribution is 2.29. The van der Waals surface area contributed by atoms with E-state index in [4.69, 9.17) is 11.6 Å². The largest absolute Gasteiger partial charge is 0.367 e. The Morgan fingerprint density at radius 2 is 1.83 bits per heavy atom. The van der Waals surface area contributed by atoms with Crippen molar-refractivity contribution in [3.63, 3.8) is 0 Å². The predicted octanol–water partition coefficient (Wildman–Crippen LogP) is 2.78. The molecule has 30 heavy (non-hydrogen) atoms. The molecule has 8 heteroatoms. The monoisotopic (exact) mass is 427 g/mol. The lowest BCUT2D eigenvalue weighted by atomic mass is 10.2. The van der Waals surface area contributed by atoms with Crippen LogP contribution in [-0.2, 0) is 4.79 Å². The summed E-state index contributed by atoms with van der Waals surface area (Å²) in [6.45, 7) is 5.07. The molecule has 0 spiro atoms. The number of halogens is 1. The van der Waals surface area contributed by atoms with Crippen LogP contribution in [-0.4, -0.2) is 70.3 Å². The highest BCUT2D eigenvalue weighted by atomic mass is 35.5. The van der Waals surface area contributed by atoms with Crippen molar-refractivity contribution in [3.8, 4) is 0 Å². The summed E-state index contributed by atoms with van der Waals surface area (Å²) in [4.78, 5) is 39.9. The van der Waals surface area contributed by atoms with Gasteiger partial charge in [-0.1, -0.05) is 23.7 Å². The fourth-order valence-electron chi connectivity index (χ4n) is 3.77. The maximum Gasteiger partial charge on any atom is 0.274 e. The van der Waals surface area contributed by atoms with Crippen molar-refractivity contribution in [1.82, 2.24) is 19.8 Å². The maximum atomic E-state index is 12.8. The topological polar surface area (TPSA) is 69.6 Å². The van der Waals surface area contributed by atoms with Gasteiger partial charge in [0.25, 0.3) is 5.91 Å². The normalized spacial score (nSPS) is 16.5. The average molecular weight is 428 g/mol. The van der Waals surface area contributed by atoms with E-state index in [0.717, 1.165) is 42.3 Å². The molecule has 0 atom stereocenters. The smallest absolute Gasteiger partial charge is 0.274 e. The van der Waals surface area contributed by atoms with Crippen LogP contribution >= 0.6 is 11.6 Å². The zero-order valence-electron chi connectivity index (χ0n) is 17.1. The number of aryl methyl sites for hydroxylation is 1. The van der Waals surface area contributed by atoms with E-state index < -0.39 is 0 Å². The molecule has 158 valence electrons. The standard InChI is InChI=1S/C22H26ClN5O2/c1-16-14-25-19(15-24-16)22(30)28(17-6-7-17)9-8-21(29)27-12-10-26(11-13-27)20-5-3-2-4-18(20)23/h2-5,14-15,17H,6-13H2,1H3. The van der Waals surface area contributed by atoms with Gasteiger partial charge in [-0.15, -0.1) is 0 Å². The number of rotatable bonds is 6. The molecule has 0 unspecified atom stereocenters. The number of carbonyl (C=O) groups is 2. The van der Waals surface area contributed by atoms with E-state index in [1.165, 1.54) is 6.20 Å². The third-order valence-corrected chi connectivity index (χ3v) is 5.96. The lowest BCUT2D eigenvalue weighted by Gasteiger charge is -2.36. The highest BCUT2D eigenvalue weighted by molar-refractivity contribution is 6.33. The average Bonchev–Trinajstić information content (AvgIpc) is 3.60. The molecular formula is C22H26ClN5O2. The number of para-hydroxylation sites is 1. The minimum atomic E-state index is -0.138. The third kappa shape index (κ3) is 4.73. The van der Waals surface area contributed by atoms with Crippen LogP contribution in [0, 0.1) is 6.92 Å². The van der Waals surface area contributed by atoms with Gasteiger partial charge in [0.1, 0.15) is 5.69 Å². The van der Waals surface area contributed by atoms with Crippen molar-refractivity contribution >= 4 is 29.1 Å². The Kier molecular flexibility index (Phi) is 6.18. The number of amides is 2. The van der Waals surface area contributed by atoms with Crippen LogP contribution in [0.5, 0.6) is 0 Å². The van der Waals surface area contributed by atoms with Gasteiger partial charge >= 0.3 is 0 Å². The van der Waals surface area contributed by atoms with Crippen LogP contribution in [0.4, 0.5) is 5.69 Å². The molecule has 1 aromatic carbocycles. The molecule has 2 fully saturated rings. The van der Waals surface area contributed by atoms with Gasteiger partial charge in [0, 0.05) is 51.4 Å². The second-order valence-corrected chi connectivity index (χ2v) is 8.25. The maximum absolute atomic E-state index is 12.8. The summed E-state index contributed by atoms with van der Waals surface area (Å²) in [5.41, 5.74) is 2.12. The number of aromatic nitrogens is 2. The molecule has 0 radical (unpaired) electrons. The zero-order chi connectivity index (χ0) is 21.1. The van der Waals surface area contributed by atoms with Crippen LogP contribution in [0.1, 0.15) is 35.4 Å². The van der Waals surface area contributed by atoms with E-state index in [1.54, 1.807) is 11.1 Å². The Labute approximate surface area is 181 Å². The van der Waals surface area contributed by atoms with Crippen molar-refractivity contribution in [1.29, 1.82) is 0 Å². The van der Waals surface area contributed by atoms with Gasteiger partial charge < -0.3 is 14.7 Å². The summed E-state index contributed by atoms with van der Waals surface area (Å²) >= 11 is 6.30. The van der Waals surface area contributed by atoms with Crippen molar-refractivity contribution in [3.05, 3.63) is 53.1 Å². The van der Waals surface area contributed by atoms with E-state index in [1.807, 2.05) is 36.1 Å². The number of hydrogen-bond donors (Lipinski definition) is 0. The molecule has 2 aliphatic rings. The van der Waals surface area contributed by atoms with Crippen molar-refractivity contribution in [2.24, 2.45) is 0 Å². The van der Waals surface area contributed by atoms with Crippen LogP contribution in [0.2, 0.25) is 5.02 Å². The summed E-state index contributed by atoms with van der Waals surface area (Å²) in [6.07, 6.45) is 5.41. The summed E-state index contributed by atoms with van der Waals surface area (Å²) in [5.74, 6) is -0.0522. The number of nitrogens with zero attached hydrogens (tertiary/aromatic N) is 5. The quantitative estimate of drug-likeness (QED) is 0.709. The minimum absolute atomic E-state index is 0.0854. The van der Waals surface area contributed by atoms with Crippen LogP contribution in [0.15, 0.2) is 36.7 Å². The number of benzene rings is 1. The van der Waals surface area contributed by atoms with Gasteiger partial charge in [-0.3, -0.25) is 14.6 Å². The van der Waals surface area contributed by atoms with Gasteiger partial charge in [0.15, 0.2) is 0 Å². The van der Waals surface area contributed by atoms with Gasteiger partial charge in [-0.25, -0.2) is 4.98 Å². The van der Waals surface area contributed by atoms with E-state index in [0.29, 0.717) is 31.7 Å². The highest BCUT2D eigenvalue weighted by Gasteiger charge is 2.34. The Hall–Kier alpha value is -2.67. The summed E-state index contributed by atoms with van der Waals surface area (Å²) in [7, 11) is 0. The van der Waals surface area contributed by atoms with Crippen molar-refractivity contribution in [2.75, 3.05) is 37.6 Å². The number of piperazine rings is 1. The second kappa shape index (κ2) is 9.00. The molecule has 7 nitrogen and oxygen atoms in total. The fourth-order valence-corrected chi connectivity index (χ4v) is 4.02. The van der Waals surface area contributed by atoms with Gasteiger partial charge in [0.2, 0.25) is 5.91 Å². The minimum Gasteiger partial charge on any atom is -0.367 e. The second-order valence-electron chi connectivity index (χ2n) is 7.84. The first-order valence-corrected chi connectivity index (χ1v) is 10.8. The summed E-state index contributed by atoms with van der Waals surface area (Å²) in [6, 6.07) is 8.00. The number of hydrogen-bond acceptors (Lipinski definition) is 5. The molecule has 1 aromatic heterocycles. The lowest BCUT2D eigenvalue weighted by molar-refractivity contribution is -0.131. The first-order chi connectivity index (χ1) is 14.5. The predicted molar refractivity (Wildman–Crippen MR) is 116 cm³/mol. The van der Waals surface area contributed by atoms with Crippen molar-refractivity contribution in [2.45, 2.75) is 32.2 Å². The summed E-state index contributed by atoms with van der Waals surface area (Å²) in [5, 5.41) is 0.732. The molecule has 1 aliphatic heterocycles. The van der Waals surface area contributed by atoms with Crippen LogP contribution in [0.3, 0.4) is 0 Å². The molecule has 0 N–H and O–H groups in total. The van der Waals surface area contributed by atoms with Crippen LogP contribution in [0.25, 0.3) is 0 Å². The Morgan fingerprint density at radius 3 is 2.47 bits per heavy atom. The molecular weight excluding hydrogens is 402 g/mol. The van der Waals surface area contributed by atoms with Gasteiger partial charge in [0.05, 0.1) is 22.6 Å². The molecule has 0 bridgehead atoms. The molecule has 2 amide bonds.